The number of carbonyl (C=O) groups excluding carboxylic acids is 2. The molecule has 1 heterocycles. The maximum Gasteiger partial charge on any atom is 0.242 e. The Morgan fingerprint density at radius 1 is 1.13 bits per heavy atom. The van der Waals surface area contributed by atoms with Crippen molar-refractivity contribution in [1.82, 2.24) is 10.2 Å². The van der Waals surface area contributed by atoms with Gasteiger partial charge in [0.2, 0.25) is 5.91 Å². The van der Waals surface area contributed by atoms with Gasteiger partial charge in [-0.2, -0.15) is 0 Å². The third-order valence-corrected chi connectivity index (χ3v) is 4.19. The van der Waals surface area contributed by atoms with Crippen molar-refractivity contribution >= 4 is 23.3 Å². The summed E-state index contributed by atoms with van der Waals surface area (Å²) in [4.78, 5) is 26.7. The van der Waals surface area contributed by atoms with E-state index in [9.17, 15) is 9.59 Å². The maximum absolute atomic E-state index is 12.5. The average Bonchev–Trinajstić information content (AvgIpc) is 2.56. The summed E-state index contributed by atoms with van der Waals surface area (Å²) < 4.78 is 0. The summed E-state index contributed by atoms with van der Waals surface area (Å²) in [6.45, 7) is 1.40. The molecule has 1 N–H and O–H groups in total. The second-order valence-electron chi connectivity index (χ2n) is 5.50. The van der Waals surface area contributed by atoms with E-state index in [0.29, 0.717) is 23.7 Å². The van der Waals surface area contributed by atoms with Gasteiger partial charge in [-0.1, -0.05) is 41.9 Å². The second-order valence-corrected chi connectivity index (χ2v) is 5.94. The van der Waals surface area contributed by atoms with Crippen molar-refractivity contribution in [3.8, 4) is 0 Å². The molecule has 1 aliphatic heterocycles. The van der Waals surface area contributed by atoms with E-state index in [1.54, 1.807) is 24.3 Å². The highest BCUT2D eigenvalue weighted by atomic mass is 35.5. The molecule has 1 aliphatic rings. The second kappa shape index (κ2) is 6.94. The zero-order valence-corrected chi connectivity index (χ0v) is 13.3. The minimum Gasteiger partial charge on any atom is -0.353 e. The number of ketones is 1. The Morgan fingerprint density at radius 3 is 2.52 bits per heavy atom. The zero-order valence-electron chi connectivity index (χ0n) is 12.5. The monoisotopic (exact) mass is 328 g/mol. The van der Waals surface area contributed by atoms with Gasteiger partial charge in [-0.05, 0) is 29.8 Å². The molecule has 23 heavy (non-hydrogen) atoms. The van der Waals surface area contributed by atoms with Crippen molar-refractivity contribution < 1.29 is 9.59 Å². The standard InChI is InChI=1S/C18H17ClN2O2/c19-15-8-6-13(7-9-15)16(22)12-21-11-10-20-18(23)17(21)14-4-2-1-3-5-14/h1-9,17H,10-12H2,(H,20,23). The summed E-state index contributed by atoms with van der Waals surface area (Å²) in [6, 6.07) is 15.9. The topological polar surface area (TPSA) is 49.4 Å². The van der Waals surface area contributed by atoms with Gasteiger partial charge in [-0.25, -0.2) is 0 Å². The van der Waals surface area contributed by atoms with Gasteiger partial charge in [-0.15, -0.1) is 0 Å². The van der Waals surface area contributed by atoms with E-state index in [1.807, 2.05) is 35.2 Å². The van der Waals surface area contributed by atoms with Gasteiger partial charge in [0, 0.05) is 23.7 Å². The summed E-state index contributed by atoms with van der Waals surface area (Å²) in [5.41, 5.74) is 1.50. The van der Waals surface area contributed by atoms with E-state index in [1.165, 1.54) is 0 Å². The first-order chi connectivity index (χ1) is 11.1. The van der Waals surface area contributed by atoms with Crippen LogP contribution in [-0.4, -0.2) is 36.2 Å². The smallest absolute Gasteiger partial charge is 0.242 e. The van der Waals surface area contributed by atoms with Crippen LogP contribution in [0.15, 0.2) is 54.6 Å². The van der Waals surface area contributed by atoms with Gasteiger partial charge < -0.3 is 5.32 Å². The fraction of sp³-hybridized carbons (Fsp3) is 0.222. The molecule has 0 spiro atoms. The number of hydrogen-bond donors (Lipinski definition) is 1. The molecule has 5 heteroatoms. The summed E-state index contributed by atoms with van der Waals surface area (Å²) in [7, 11) is 0. The van der Waals surface area contributed by atoms with E-state index in [4.69, 9.17) is 11.6 Å². The molecule has 0 aromatic heterocycles. The lowest BCUT2D eigenvalue weighted by Crippen LogP contribution is -2.51. The molecule has 2 aromatic carbocycles. The molecular formula is C18H17ClN2O2. The van der Waals surface area contributed by atoms with E-state index < -0.39 is 6.04 Å². The predicted molar refractivity (Wildman–Crippen MR) is 89.5 cm³/mol. The van der Waals surface area contributed by atoms with Crippen molar-refractivity contribution in [2.45, 2.75) is 6.04 Å². The third-order valence-electron chi connectivity index (χ3n) is 3.94. The predicted octanol–water partition coefficient (Wildman–Crippen LogP) is 2.70. The number of Topliss-reactive ketones (excluding diaryl/α,β-unsaturated/α-hetero) is 1. The minimum absolute atomic E-state index is 0.0164. The number of halogens is 1. The molecular weight excluding hydrogens is 312 g/mol. The van der Waals surface area contributed by atoms with Crippen LogP contribution in [0.2, 0.25) is 5.02 Å². The minimum atomic E-state index is -0.429. The Kier molecular flexibility index (Phi) is 4.74. The van der Waals surface area contributed by atoms with Crippen molar-refractivity contribution in [2.75, 3.05) is 19.6 Å². The van der Waals surface area contributed by atoms with Crippen LogP contribution < -0.4 is 5.32 Å². The zero-order chi connectivity index (χ0) is 16.2. The van der Waals surface area contributed by atoms with E-state index >= 15 is 0 Å². The number of carbonyl (C=O) groups is 2. The molecule has 1 fully saturated rings. The highest BCUT2D eigenvalue weighted by Crippen LogP contribution is 2.23. The molecule has 3 rings (SSSR count). The molecule has 0 saturated carbocycles. The van der Waals surface area contributed by atoms with Crippen molar-refractivity contribution in [3.05, 3.63) is 70.7 Å². The number of benzene rings is 2. The number of hydrogen-bond acceptors (Lipinski definition) is 3. The molecule has 1 atom stereocenters. The van der Waals surface area contributed by atoms with Gasteiger partial charge in [0.1, 0.15) is 6.04 Å². The summed E-state index contributed by atoms with van der Waals surface area (Å²) in [5, 5.41) is 3.47. The lowest BCUT2D eigenvalue weighted by molar-refractivity contribution is -0.128. The highest BCUT2D eigenvalue weighted by Gasteiger charge is 2.32. The van der Waals surface area contributed by atoms with Gasteiger partial charge in [0.15, 0.2) is 5.78 Å². The first kappa shape index (κ1) is 15.7. The number of amides is 1. The number of nitrogens with zero attached hydrogens (tertiary/aromatic N) is 1. The Balaban J connectivity index is 1.80. The average molecular weight is 329 g/mol. The van der Waals surface area contributed by atoms with Gasteiger partial charge in [-0.3, -0.25) is 14.5 Å². The fourth-order valence-electron chi connectivity index (χ4n) is 2.79. The molecule has 0 bridgehead atoms. The van der Waals surface area contributed by atoms with E-state index in [2.05, 4.69) is 5.32 Å². The lowest BCUT2D eigenvalue weighted by Gasteiger charge is -2.34. The van der Waals surface area contributed by atoms with E-state index in [0.717, 1.165) is 5.56 Å². The SMILES string of the molecule is O=C(CN1CCNC(=O)C1c1ccccc1)c1ccc(Cl)cc1. The Bertz CT molecular complexity index is 701. The highest BCUT2D eigenvalue weighted by molar-refractivity contribution is 6.30. The Hall–Kier alpha value is -2.17. The molecule has 4 nitrogen and oxygen atoms in total. The molecule has 2 aromatic rings. The van der Waals surface area contributed by atoms with Crippen LogP contribution >= 0.6 is 11.6 Å². The summed E-state index contributed by atoms with van der Waals surface area (Å²) in [5.74, 6) is -0.0800. The molecule has 118 valence electrons. The molecule has 1 amide bonds. The van der Waals surface area contributed by atoms with Crippen LogP contribution in [0, 0.1) is 0 Å². The van der Waals surface area contributed by atoms with E-state index in [-0.39, 0.29) is 18.2 Å². The van der Waals surface area contributed by atoms with Crippen molar-refractivity contribution in [2.24, 2.45) is 0 Å². The van der Waals surface area contributed by atoms with Gasteiger partial charge in [0.05, 0.1) is 6.54 Å². The Labute approximate surface area is 140 Å². The number of nitrogens with one attached hydrogen (secondary N) is 1. The van der Waals surface area contributed by atoms with Crippen molar-refractivity contribution in [3.63, 3.8) is 0 Å². The fourth-order valence-corrected chi connectivity index (χ4v) is 2.92. The first-order valence-corrected chi connectivity index (χ1v) is 7.88. The first-order valence-electron chi connectivity index (χ1n) is 7.50. The van der Waals surface area contributed by atoms with Crippen LogP contribution in [0.1, 0.15) is 22.0 Å². The summed E-state index contributed by atoms with van der Waals surface area (Å²) in [6.07, 6.45) is 0. The lowest BCUT2D eigenvalue weighted by atomic mass is 10.0. The molecule has 0 radical (unpaired) electrons. The van der Waals surface area contributed by atoms with Gasteiger partial charge >= 0.3 is 0 Å². The molecule has 0 aliphatic carbocycles. The summed E-state index contributed by atoms with van der Waals surface area (Å²) >= 11 is 5.86. The van der Waals surface area contributed by atoms with Crippen LogP contribution in [0.5, 0.6) is 0 Å². The molecule has 1 saturated heterocycles. The Morgan fingerprint density at radius 2 is 1.83 bits per heavy atom. The molecule has 1 unspecified atom stereocenters. The van der Waals surface area contributed by atoms with Crippen molar-refractivity contribution in [1.29, 1.82) is 0 Å². The normalized spacial score (nSPS) is 18.5. The number of piperazine rings is 1. The van der Waals surface area contributed by atoms with Crippen LogP contribution in [0.4, 0.5) is 0 Å². The quantitative estimate of drug-likeness (QED) is 0.878. The van der Waals surface area contributed by atoms with Crippen LogP contribution in [0.25, 0.3) is 0 Å². The maximum atomic E-state index is 12.5. The van der Waals surface area contributed by atoms with Gasteiger partial charge in [0.25, 0.3) is 0 Å². The number of rotatable bonds is 4. The largest absolute Gasteiger partial charge is 0.353 e. The van der Waals surface area contributed by atoms with Crippen LogP contribution in [0.3, 0.4) is 0 Å². The van der Waals surface area contributed by atoms with Crippen LogP contribution in [-0.2, 0) is 4.79 Å². The third kappa shape index (κ3) is 3.60.